The first kappa shape index (κ1) is 14.4. The van der Waals surface area contributed by atoms with Crippen LogP contribution in [-0.2, 0) is 6.54 Å². The van der Waals surface area contributed by atoms with Crippen molar-refractivity contribution in [1.82, 2.24) is 0 Å². The van der Waals surface area contributed by atoms with Crippen molar-refractivity contribution in [3.8, 4) is 0 Å². The SMILES string of the molecule is NCCC1CN(Cc2cccc(F)c2Cl)c2ccccc21. The standard InChI is InChI=1S/C17H18ClFN2/c18-17-13(4-3-6-15(17)19)11-21-10-12(8-9-20)14-5-1-2-7-16(14)21/h1-7,12H,8-11,20H2. The summed E-state index contributed by atoms with van der Waals surface area (Å²) in [5, 5.41) is 0.220. The fourth-order valence-corrected chi connectivity index (χ4v) is 3.24. The molecule has 0 radical (unpaired) electrons. The molecule has 2 aromatic carbocycles. The van der Waals surface area contributed by atoms with Crippen molar-refractivity contribution < 1.29 is 4.39 Å². The summed E-state index contributed by atoms with van der Waals surface area (Å²) in [7, 11) is 0. The van der Waals surface area contributed by atoms with Gasteiger partial charge in [0, 0.05) is 24.7 Å². The predicted octanol–water partition coefficient (Wildman–Crippen LogP) is 3.93. The third kappa shape index (κ3) is 2.76. The number of benzene rings is 2. The molecule has 1 heterocycles. The van der Waals surface area contributed by atoms with E-state index in [1.165, 1.54) is 17.3 Å². The summed E-state index contributed by atoms with van der Waals surface area (Å²) >= 11 is 6.07. The van der Waals surface area contributed by atoms with Crippen LogP contribution in [0.3, 0.4) is 0 Å². The van der Waals surface area contributed by atoms with Crippen LogP contribution in [0, 0.1) is 5.82 Å². The molecule has 4 heteroatoms. The molecule has 0 aliphatic carbocycles. The van der Waals surface area contributed by atoms with Crippen LogP contribution < -0.4 is 10.6 Å². The van der Waals surface area contributed by atoms with Gasteiger partial charge in [-0.05, 0) is 36.2 Å². The van der Waals surface area contributed by atoms with Gasteiger partial charge in [-0.25, -0.2) is 4.39 Å². The van der Waals surface area contributed by atoms with E-state index in [4.69, 9.17) is 17.3 Å². The van der Waals surface area contributed by atoms with Crippen LogP contribution in [0.4, 0.5) is 10.1 Å². The average Bonchev–Trinajstić information content (AvgIpc) is 2.83. The van der Waals surface area contributed by atoms with Gasteiger partial charge in [-0.1, -0.05) is 41.9 Å². The van der Waals surface area contributed by atoms with Gasteiger partial charge < -0.3 is 10.6 Å². The zero-order valence-corrected chi connectivity index (χ0v) is 12.5. The highest BCUT2D eigenvalue weighted by Gasteiger charge is 2.28. The van der Waals surface area contributed by atoms with Crippen LogP contribution >= 0.6 is 11.6 Å². The monoisotopic (exact) mass is 304 g/mol. The molecule has 2 nitrogen and oxygen atoms in total. The van der Waals surface area contributed by atoms with E-state index in [1.807, 2.05) is 12.1 Å². The van der Waals surface area contributed by atoms with E-state index in [0.29, 0.717) is 19.0 Å². The van der Waals surface area contributed by atoms with Gasteiger partial charge >= 0.3 is 0 Å². The lowest BCUT2D eigenvalue weighted by Gasteiger charge is -2.21. The number of fused-ring (bicyclic) bond motifs is 1. The van der Waals surface area contributed by atoms with Gasteiger partial charge in [0.15, 0.2) is 0 Å². The second-order valence-corrected chi connectivity index (χ2v) is 5.80. The third-order valence-electron chi connectivity index (χ3n) is 4.07. The molecule has 3 rings (SSSR count). The summed E-state index contributed by atoms with van der Waals surface area (Å²) in [4.78, 5) is 2.26. The Hall–Kier alpha value is -1.58. The van der Waals surface area contributed by atoms with Crippen LogP contribution in [0.2, 0.25) is 5.02 Å². The second-order valence-electron chi connectivity index (χ2n) is 5.43. The van der Waals surface area contributed by atoms with E-state index >= 15 is 0 Å². The Morgan fingerprint density at radius 1 is 1.19 bits per heavy atom. The highest BCUT2D eigenvalue weighted by molar-refractivity contribution is 6.31. The number of hydrogen-bond acceptors (Lipinski definition) is 2. The maximum Gasteiger partial charge on any atom is 0.142 e. The number of rotatable bonds is 4. The minimum absolute atomic E-state index is 0.220. The first-order chi connectivity index (χ1) is 10.2. The largest absolute Gasteiger partial charge is 0.366 e. The summed E-state index contributed by atoms with van der Waals surface area (Å²) < 4.78 is 13.6. The van der Waals surface area contributed by atoms with Gasteiger partial charge in [0.2, 0.25) is 0 Å². The molecule has 2 N–H and O–H groups in total. The fraction of sp³-hybridized carbons (Fsp3) is 0.294. The van der Waals surface area contributed by atoms with Crippen molar-refractivity contribution in [2.24, 2.45) is 5.73 Å². The zero-order chi connectivity index (χ0) is 14.8. The van der Waals surface area contributed by atoms with Crippen molar-refractivity contribution >= 4 is 17.3 Å². The smallest absolute Gasteiger partial charge is 0.142 e. The van der Waals surface area contributed by atoms with Crippen LogP contribution in [0.25, 0.3) is 0 Å². The Morgan fingerprint density at radius 2 is 2.00 bits per heavy atom. The van der Waals surface area contributed by atoms with Gasteiger partial charge in [0.25, 0.3) is 0 Å². The molecular formula is C17H18ClFN2. The van der Waals surface area contributed by atoms with E-state index in [1.54, 1.807) is 6.07 Å². The maximum atomic E-state index is 13.6. The van der Waals surface area contributed by atoms with Crippen molar-refractivity contribution in [2.75, 3.05) is 18.0 Å². The van der Waals surface area contributed by atoms with E-state index in [0.717, 1.165) is 18.5 Å². The highest BCUT2D eigenvalue weighted by Crippen LogP contribution is 2.39. The number of nitrogens with two attached hydrogens (primary N) is 1. The summed E-state index contributed by atoms with van der Waals surface area (Å²) in [6.07, 6.45) is 0.963. The predicted molar refractivity (Wildman–Crippen MR) is 85.3 cm³/mol. The number of halogens is 2. The van der Waals surface area contributed by atoms with Crippen molar-refractivity contribution in [1.29, 1.82) is 0 Å². The first-order valence-corrected chi connectivity index (χ1v) is 7.55. The number of anilines is 1. The first-order valence-electron chi connectivity index (χ1n) is 7.17. The minimum Gasteiger partial charge on any atom is -0.366 e. The second kappa shape index (κ2) is 6.04. The maximum absolute atomic E-state index is 13.6. The van der Waals surface area contributed by atoms with Crippen molar-refractivity contribution in [3.63, 3.8) is 0 Å². The van der Waals surface area contributed by atoms with Gasteiger partial charge in [-0.15, -0.1) is 0 Å². The summed E-state index contributed by atoms with van der Waals surface area (Å²) in [6.45, 7) is 2.20. The number of hydrogen-bond donors (Lipinski definition) is 1. The average molecular weight is 305 g/mol. The molecule has 2 aromatic rings. The summed E-state index contributed by atoms with van der Waals surface area (Å²) in [6, 6.07) is 13.3. The quantitative estimate of drug-likeness (QED) is 0.927. The molecule has 1 atom stereocenters. The van der Waals surface area contributed by atoms with E-state index < -0.39 is 0 Å². The Kier molecular flexibility index (Phi) is 4.13. The molecule has 1 unspecified atom stereocenters. The van der Waals surface area contributed by atoms with Crippen LogP contribution in [0.5, 0.6) is 0 Å². The Bertz CT molecular complexity index is 644. The van der Waals surface area contributed by atoms with Gasteiger partial charge in [-0.3, -0.25) is 0 Å². The Morgan fingerprint density at radius 3 is 2.81 bits per heavy atom. The Labute approximate surface area is 129 Å². The minimum atomic E-state index is -0.361. The lowest BCUT2D eigenvalue weighted by molar-refractivity contribution is 0.621. The molecule has 0 saturated carbocycles. The van der Waals surface area contributed by atoms with Crippen LogP contribution in [-0.4, -0.2) is 13.1 Å². The third-order valence-corrected chi connectivity index (χ3v) is 4.49. The van der Waals surface area contributed by atoms with Crippen LogP contribution in [0.15, 0.2) is 42.5 Å². The van der Waals surface area contributed by atoms with Gasteiger partial charge in [-0.2, -0.15) is 0 Å². The molecule has 0 amide bonds. The van der Waals surface area contributed by atoms with Gasteiger partial charge in [0.05, 0.1) is 5.02 Å². The molecule has 0 saturated heterocycles. The molecule has 0 bridgehead atoms. The van der Waals surface area contributed by atoms with Gasteiger partial charge in [0.1, 0.15) is 5.82 Å². The molecule has 21 heavy (non-hydrogen) atoms. The molecule has 110 valence electrons. The molecular weight excluding hydrogens is 287 g/mol. The van der Waals surface area contributed by atoms with E-state index in [-0.39, 0.29) is 10.8 Å². The normalized spacial score (nSPS) is 17.1. The summed E-state index contributed by atoms with van der Waals surface area (Å²) in [5.41, 5.74) is 9.07. The number of nitrogens with zero attached hydrogens (tertiary/aromatic N) is 1. The topological polar surface area (TPSA) is 29.3 Å². The Balaban J connectivity index is 1.88. The molecule has 0 spiro atoms. The lowest BCUT2D eigenvalue weighted by Crippen LogP contribution is -2.22. The molecule has 1 aliphatic rings. The van der Waals surface area contributed by atoms with E-state index in [2.05, 4.69) is 23.1 Å². The lowest BCUT2D eigenvalue weighted by atomic mass is 9.98. The molecule has 0 aromatic heterocycles. The summed E-state index contributed by atoms with van der Waals surface area (Å²) in [5.74, 6) is 0.0821. The van der Waals surface area contributed by atoms with E-state index in [9.17, 15) is 4.39 Å². The van der Waals surface area contributed by atoms with Crippen molar-refractivity contribution in [2.45, 2.75) is 18.9 Å². The fourth-order valence-electron chi connectivity index (χ4n) is 3.06. The van der Waals surface area contributed by atoms with Crippen LogP contribution in [0.1, 0.15) is 23.5 Å². The molecule has 1 aliphatic heterocycles. The molecule has 0 fully saturated rings. The van der Waals surface area contributed by atoms with Crippen molar-refractivity contribution in [3.05, 3.63) is 64.4 Å². The number of para-hydroxylation sites is 1. The highest BCUT2D eigenvalue weighted by atomic mass is 35.5. The zero-order valence-electron chi connectivity index (χ0n) is 11.7.